The molecule has 0 atom stereocenters. The maximum absolute atomic E-state index is 11.1. The Labute approximate surface area is 106 Å². The van der Waals surface area contributed by atoms with Crippen LogP contribution in [0.5, 0.6) is 5.75 Å². The fourth-order valence-corrected chi connectivity index (χ4v) is 2.11. The summed E-state index contributed by atoms with van der Waals surface area (Å²) < 4.78 is 5.03. The first kappa shape index (κ1) is 12.4. The van der Waals surface area contributed by atoms with Gasteiger partial charge in [0.2, 0.25) is 0 Å². The molecule has 0 N–H and O–H groups in total. The molecule has 0 amide bonds. The summed E-state index contributed by atoms with van der Waals surface area (Å²) in [7, 11) is 1.44. The Balaban J connectivity index is 2.28. The summed E-state index contributed by atoms with van der Waals surface area (Å²) in [6.07, 6.45) is 6.08. The molecule has 0 aliphatic carbocycles. The number of likely N-dealkylation sites (tertiary alicyclic amines) is 1. The Morgan fingerprint density at radius 1 is 1.39 bits per heavy atom. The number of para-hydroxylation sites is 1. The van der Waals surface area contributed by atoms with Crippen molar-refractivity contribution < 1.29 is 9.66 Å². The summed E-state index contributed by atoms with van der Waals surface area (Å²) in [5.41, 5.74) is 0.599. The van der Waals surface area contributed by atoms with Crippen LogP contribution in [0.15, 0.2) is 24.4 Å². The first-order valence-electron chi connectivity index (χ1n) is 5.96. The normalized spacial score (nSPS) is 15.3. The molecule has 1 fully saturated rings. The molecule has 1 saturated heterocycles. The van der Waals surface area contributed by atoms with Crippen LogP contribution in [-0.4, -0.2) is 30.0 Å². The highest BCUT2D eigenvalue weighted by Crippen LogP contribution is 2.31. The zero-order valence-corrected chi connectivity index (χ0v) is 10.3. The van der Waals surface area contributed by atoms with Crippen LogP contribution in [-0.2, 0) is 0 Å². The average Bonchev–Trinajstić information content (AvgIpc) is 2.88. The Morgan fingerprint density at radius 2 is 2.11 bits per heavy atom. The van der Waals surface area contributed by atoms with Gasteiger partial charge >= 0.3 is 5.69 Å². The van der Waals surface area contributed by atoms with E-state index in [9.17, 15) is 10.1 Å². The van der Waals surface area contributed by atoms with Gasteiger partial charge in [0.1, 0.15) is 0 Å². The van der Waals surface area contributed by atoms with Gasteiger partial charge in [0.25, 0.3) is 0 Å². The Bertz CT molecular complexity index is 465. The smallest absolute Gasteiger partial charge is 0.318 e. The summed E-state index contributed by atoms with van der Waals surface area (Å²) >= 11 is 0. The van der Waals surface area contributed by atoms with E-state index in [1.165, 1.54) is 20.0 Å². The summed E-state index contributed by atoms with van der Waals surface area (Å²) in [5, 5.41) is 11.1. The third kappa shape index (κ3) is 2.61. The minimum Gasteiger partial charge on any atom is -0.490 e. The van der Waals surface area contributed by atoms with Gasteiger partial charge in [0.15, 0.2) is 5.75 Å². The number of benzene rings is 1. The first-order chi connectivity index (χ1) is 8.72. The lowest BCUT2D eigenvalue weighted by atomic mass is 10.1. The third-order valence-electron chi connectivity index (χ3n) is 3.04. The largest absolute Gasteiger partial charge is 0.490 e. The summed E-state index contributed by atoms with van der Waals surface area (Å²) in [6, 6.07) is 5.09. The van der Waals surface area contributed by atoms with E-state index in [1.54, 1.807) is 24.3 Å². The third-order valence-corrected chi connectivity index (χ3v) is 3.04. The predicted octanol–water partition coefficient (Wildman–Crippen LogP) is 2.67. The van der Waals surface area contributed by atoms with Crippen molar-refractivity contribution >= 4 is 11.8 Å². The van der Waals surface area contributed by atoms with Crippen LogP contribution in [0.2, 0.25) is 0 Å². The van der Waals surface area contributed by atoms with Crippen molar-refractivity contribution in [1.29, 1.82) is 0 Å². The monoisotopic (exact) mass is 248 g/mol. The second kappa shape index (κ2) is 5.53. The molecular weight excluding hydrogens is 232 g/mol. The first-order valence-corrected chi connectivity index (χ1v) is 5.96. The summed E-state index contributed by atoms with van der Waals surface area (Å²) in [6.45, 7) is 2.04. The van der Waals surface area contributed by atoms with Crippen LogP contribution >= 0.6 is 0 Å². The van der Waals surface area contributed by atoms with Gasteiger partial charge in [-0.2, -0.15) is 0 Å². The van der Waals surface area contributed by atoms with E-state index < -0.39 is 4.92 Å². The summed E-state index contributed by atoms with van der Waals surface area (Å²) in [4.78, 5) is 12.8. The van der Waals surface area contributed by atoms with Gasteiger partial charge in [0, 0.05) is 13.1 Å². The molecule has 1 aliphatic heterocycles. The minimum atomic E-state index is -0.400. The van der Waals surface area contributed by atoms with Crippen molar-refractivity contribution in [2.75, 3.05) is 20.2 Å². The van der Waals surface area contributed by atoms with Crippen LogP contribution in [0, 0.1) is 10.1 Å². The van der Waals surface area contributed by atoms with Gasteiger partial charge in [-0.25, -0.2) is 0 Å². The van der Waals surface area contributed by atoms with Crippen molar-refractivity contribution in [3.8, 4) is 5.75 Å². The van der Waals surface area contributed by atoms with Crippen molar-refractivity contribution in [3.63, 3.8) is 0 Å². The molecular formula is C13H16N2O3. The van der Waals surface area contributed by atoms with Crippen LogP contribution < -0.4 is 4.74 Å². The van der Waals surface area contributed by atoms with Gasteiger partial charge < -0.3 is 9.64 Å². The van der Waals surface area contributed by atoms with Crippen LogP contribution in [0.25, 0.3) is 6.08 Å². The Hall–Kier alpha value is -2.04. The molecule has 96 valence electrons. The lowest BCUT2D eigenvalue weighted by Gasteiger charge is -2.10. The highest BCUT2D eigenvalue weighted by molar-refractivity contribution is 5.66. The number of methoxy groups -OCH3 is 1. The molecule has 0 unspecified atom stereocenters. The molecule has 0 saturated carbocycles. The zero-order valence-electron chi connectivity index (χ0n) is 10.3. The number of hydrogen-bond donors (Lipinski definition) is 0. The van der Waals surface area contributed by atoms with Gasteiger partial charge in [0.05, 0.1) is 17.6 Å². The number of rotatable bonds is 4. The van der Waals surface area contributed by atoms with E-state index in [0.717, 1.165) is 13.1 Å². The number of nitro groups is 1. The number of hydrogen-bond acceptors (Lipinski definition) is 4. The lowest BCUT2D eigenvalue weighted by molar-refractivity contribution is -0.386. The molecule has 0 radical (unpaired) electrons. The lowest BCUT2D eigenvalue weighted by Crippen LogP contribution is -2.10. The van der Waals surface area contributed by atoms with Crippen molar-refractivity contribution in [2.45, 2.75) is 12.8 Å². The number of ether oxygens (including phenoxy) is 1. The maximum Gasteiger partial charge on any atom is 0.318 e. The van der Waals surface area contributed by atoms with Crippen molar-refractivity contribution in [1.82, 2.24) is 4.90 Å². The fraction of sp³-hybridized carbons (Fsp3) is 0.385. The Morgan fingerprint density at radius 3 is 2.72 bits per heavy atom. The van der Waals surface area contributed by atoms with E-state index in [1.807, 2.05) is 6.20 Å². The van der Waals surface area contributed by atoms with E-state index in [-0.39, 0.29) is 5.69 Å². The molecule has 1 aliphatic rings. The number of nitrogens with zero attached hydrogens (tertiary/aromatic N) is 2. The predicted molar refractivity (Wildman–Crippen MR) is 69.5 cm³/mol. The van der Waals surface area contributed by atoms with Crippen molar-refractivity contribution in [2.24, 2.45) is 0 Å². The second-order valence-corrected chi connectivity index (χ2v) is 4.21. The molecule has 1 heterocycles. The quantitative estimate of drug-likeness (QED) is 0.607. The zero-order chi connectivity index (χ0) is 13.0. The molecule has 0 aromatic heterocycles. The van der Waals surface area contributed by atoms with Gasteiger partial charge in [-0.05, 0) is 37.3 Å². The van der Waals surface area contributed by atoms with Crippen molar-refractivity contribution in [3.05, 3.63) is 40.1 Å². The Kier molecular flexibility index (Phi) is 3.82. The molecule has 1 aromatic carbocycles. The molecule has 0 bridgehead atoms. The summed E-state index contributed by atoms with van der Waals surface area (Å²) in [5.74, 6) is 0.295. The van der Waals surface area contributed by atoms with Gasteiger partial charge in [-0.3, -0.25) is 10.1 Å². The van der Waals surface area contributed by atoms with Gasteiger partial charge in [-0.1, -0.05) is 6.07 Å². The van der Waals surface area contributed by atoms with Crippen LogP contribution in [0.3, 0.4) is 0 Å². The molecule has 1 aromatic rings. The van der Waals surface area contributed by atoms with Gasteiger partial charge in [-0.15, -0.1) is 0 Å². The van der Waals surface area contributed by atoms with E-state index in [2.05, 4.69) is 4.90 Å². The topological polar surface area (TPSA) is 55.6 Å². The SMILES string of the molecule is COc1cccc(/C=C/N2CCCC2)c1[N+](=O)[O-]. The number of nitro benzene ring substituents is 1. The van der Waals surface area contributed by atoms with E-state index in [4.69, 9.17) is 4.74 Å². The molecule has 0 spiro atoms. The highest BCUT2D eigenvalue weighted by Gasteiger charge is 2.18. The van der Waals surface area contributed by atoms with E-state index >= 15 is 0 Å². The minimum absolute atomic E-state index is 0.0236. The van der Waals surface area contributed by atoms with Crippen LogP contribution in [0.1, 0.15) is 18.4 Å². The second-order valence-electron chi connectivity index (χ2n) is 4.21. The van der Waals surface area contributed by atoms with E-state index in [0.29, 0.717) is 11.3 Å². The molecule has 5 heteroatoms. The average molecular weight is 248 g/mol. The molecule has 18 heavy (non-hydrogen) atoms. The van der Waals surface area contributed by atoms with Crippen LogP contribution in [0.4, 0.5) is 5.69 Å². The highest BCUT2D eigenvalue weighted by atomic mass is 16.6. The fourth-order valence-electron chi connectivity index (χ4n) is 2.11. The standard InChI is InChI=1S/C13H16N2O3/c1-18-12-6-4-5-11(13(12)15(16)17)7-10-14-8-2-3-9-14/h4-7,10H,2-3,8-9H2,1H3/b10-7+. The maximum atomic E-state index is 11.1. The molecule has 5 nitrogen and oxygen atoms in total. The molecule has 2 rings (SSSR count).